The van der Waals surface area contributed by atoms with Gasteiger partial charge in [-0.2, -0.15) is 0 Å². The molecule has 2 aromatic carbocycles. The number of benzene rings is 2. The van der Waals surface area contributed by atoms with Gasteiger partial charge in [-0.1, -0.05) is 29.8 Å². The smallest absolute Gasteiger partial charge is 0.227 e. The third-order valence-electron chi connectivity index (χ3n) is 5.49. The minimum Gasteiger partial charge on any atom is -0.493 e. The number of aliphatic hydroxyl groups excluding tert-OH is 1. The Morgan fingerprint density at radius 2 is 1.81 bits per heavy atom. The summed E-state index contributed by atoms with van der Waals surface area (Å²) in [5, 5.41) is 11.0. The number of hydrogen-bond acceptors (Lipinski definition) is 6. The van der Waals surface area contributed by atoms with Gasteiger partial charge in [0.25, 0.3) is 0 Å². The van der Waals surface area contributed by atoms with Crippen molar-refractivity contribution in [3.05, 3.63) is 58.6 Å². The van der Waals surface area contributed by atoms with Crippen LogP contribution in [0.5, 0.6) is 11.5 Å². The predicted molar refractivity (Wildman–Crippen MR) is 123 cm³/mol. The monoisotopic (exact) mass is 460 g/mol. The van der Waals surface area contributed by atoms with Crippen LogP contribution < -0.4 is 9.47 Å². The Kier molecular flexibility index (Phi) is 8.50. The maximum Gasteiger partial charge on any atom is 0.227 e. The number of β-amino-alcohol motifs (C(OH)–C–C–N with tert-alkyl or cyclic N) is 1. The number of ether oxygens (including phenoxy) is 2. The number of hydrogen-bond donors (Lipinski definition) is 1. The van der Waals surface area contributed by atoms with E-state index in [0.29, 0.717) is 61.2 Å². The molecule has 1 aliphatic heterocycles. The summed E-state index contributed by atoms with van der Waals surface area (Å²) in [4.78, 5) is 28.0. The molecule has 0 aromatic heterocycles. The van der Waals surface area contributed by atoms with Crippen LogP contribution in [0.1, 0.15) is 22.8 Å². The fourth-order valence-electron chi connectivity index (χ4n) is 3.64. The predicted octanol–water partition coefficient (Wildman–Crippen LogP) is 2.68. The van der Waals surface area contributed by atoms with Crippen molar-refractivity contribution in [3.8, 4) is 11.5 Å². The molecule has 0 radical (unpaired) electrons. The summed E-state index contributed by atoms with van der Waals surface area (Å²) in [5.74, 6) is 0.934. The minimum atomic E-state index is -0.697. The van der Waals surface area contributed by atoms with E-state index < -0.39 is 6.10 Å². The van der Waals surface area contributed by atoms with Crippen molar-refractivity contribution in [3.63, 3.8) is 0 Å². The van der Waals surface area contributed by atoms with Gasteiger partial charge in [-0.25, -0.2) is 0 Å². The molecule has 172 valence electrons. The first-order valence-corrected chi connectivity index (χ1v) is 11.0. The number of halogens is 1. The van der Waals surface area contributed by atoms with E-state index in [1.807, 2.05) is 23.1 Å². The van der Waals surface area contributed by atoms with E-state index in [2.05, 4.69) is 4.90 Å². The van der Waals surface area contributed by atoms with Crippen LogP contribution in [-0.4, -0.2) is 79.1 Å². The number of nitrogens with zero attached hydrogens (tertiary/aromatic N) is 2. The van der Waals surface area contributed by atoms with Gasteiger partial charge in [-0.15, -0.1) is 0 Å². The zero-order valence-corrected chi connectivity index (χ0v) is 19.2. The molecular formula is C24H29ClN2O5. The number of Topliss-reactive ketones (excluding diaryl/α,β-unsaturated/α-hetero) is 1. The highest BCUT2D eigenvalue weighted by Crippen LogP contribution is 2.28. The van der Waals surface area contributed by atoms with Crippen LogP contribution in [0, 0.1) is 0 Å². The molecule has 1 N–H and O–H groups in total. The molecule has 1 aliphatic rings. The zero-order chi connectivity index (χ0) is 23.1. The summed E-state index contributed by atoms with van der Waals surface area (Å²) in [5.41, 5.74) is 1.37. The number of rotatable bonds is 9. The summed E-state index contributed by atoms with van der Waals surface area (Å²) >= 11 is 6.16. The summed E-state index contributed by atoms with van der Waals surface area (Å²) in [7, 11) is 1.51. The normalized spacial score (nSPS) is 15.3. The molecule has 0 saturated carbocycles. The zero-order valence-electron chi connectivity index (χ0n) is 18.4. The quantitative estimate of drug-likeness (QED) is 0.579. The van der Waals surface area contributed by atoms with Gasteiger partial charge in [0.05, 0.1) is 13.5 Å². The van der Waals surface area contributed by atoms with Gasteiger partial charge in [0, 0.05) is 43.3 Å². The number of aliphatic hydroxyl groups is 1. The Balaban J connectivity index is 1.43. The molecular weight excluding hydrogens is 432 g/mol. The van der Waals surface area contributed by atoms with Crippen molar-refractivity contribution < 1.29 is 24.2 Å². The first-order chi connectivity index (χ1) is 15.4. The molecule has 1 heterocycles. The fraction of sp³-hybridized carbons (Fsp3) is 0.417. The number of carbonyl (C=O) groups excluding carboxylic acids is 2. The van der Waals surface area contributed by atoms with Crippen LogP contribution in [0.3, 0.4) is 0 Å². The molecule has 1 amide bonds. The lowest BCUT2D eigenvalue weighted by Crippen LogP contribution is -2.51. The molecule has 0 bridgehead atoms. The van der Waals surface area contributed by atoms with E-state index in [0.717, 1.165) is 5.56 Å². The number of methoxy groups -OCH3 is 1. The van der Waals surface area contributed by atoms with Gasteiger partial charge >= 0.3 is 0 Å². The fourth-order valence-corrected chi connectivity index (χ4v) is 3.84. The second-order valence-corrected chi connectivity index (χ2v) is 8.24. The molecule has 8 heteroatoms. The Morgan fingerprint density at radius 1 is 1.09 bits per heavy atom. The highest BCUT2D eigenvalue weighted by atomic mass is 35.5. The third-order valence-corrected chi connectivity index (χ3v) is 5.86. The Hall–Kier alpha value is -2.61. The van der Waals surface area contributed by atoms with Crippen LogP contribution in [0.25, 0.3) is 0 Å². The highest BCUT2D eigenvalue weighted by molar-refractivity contribution is 6.31. The molecule has 1 unspecified atom stereocenters. The lowest BCUT2D eigenvalue weighted by atomic mass is 10.1. The van der Waals surface area contributed by atoms with Gasteiger partial charge in [0.1, 0.15) is 12.7 Å². The van der Waals surface area contributed by atoms with E-state index in [-0.39, 0.29) is 18.3 Å². The second kappa shape index (κ2) is 11.3. The van der Waals surface area contributed by atoms with Crippen LogP contribution in [0.15, 0.2) is 42.5 Å². The third kappa shape index (κ3) is 6.45. The summed E-state index contributed by atoms with van der Waals surface area (Å²) in [6.45, 7) is 4.61. The standard InChI is InChI=1S/C24H29ClN2O5/c1-17(28)18-7-8-22(23(13-18)31-2)32-16-20(29)15-26-9-11-27(12-10-26)24(30)14-19-5-3-4-6-21(19)25/h3-8,13,20,29H,9-12,14-16H2,1-2H3. The van der Waals surface area contributed by atoms with E-state index >= 15 is 0 Å². The van der Waals surface area contributed by atoms with Crippen molar-refractivity contribution in [2.24, 2.45) is 0 Å². The Bertz CT molecular complexity index is 944. The van der Waals surface area contributed by atoms with Crippen molar-refractivity contribution in [2.75, 3.05) is 46.4 Å². The Labute approximate surface area is 193 Å². The maximum atomic E-state index is 12.6. The lowest BCUT2D eigenvalue weighted by Gasteiger charge is -2.35. The van der Waals surface area contributed by atoms with Gasteiger partial charge < -0.3 is 19.5 Å². The number of amides is 1. The van der Waals surface area contributed by atoms with Crippen molar-refractivity contribution in [2.45, 2.75) is 19.4 Å². The van der Waals surface area contributed by atoms with E-state index in [1.54, 1.807) is 24.3 Å². The molecule has 3 rings (SSSR count). The van der Waals surface area contributed by atoms with Gasteiger partial charge in [0.15, 0.2) is 17.3 Å². The van der Waals surface area contributed by atoms with Crippen molar-refractivity contribution in [1.29, 1.82) is 0 Å². The topological polar surface area (TPSA) is 79.3 Å². The van der Waals surface area contributed by atoms with Crippen molar-refractivity contribution in [1.82, 2.24) is 9.80 Å². The largest absolute Gasteiger partial charge is 0.493 e. The molecule has 32 heavy (non-hydrogen) atoms. The SMILES string of the molecule is COc1cc(C(C)=O)ccc1OCC(O)CN1CCN(C(=O)Cc2ccccc2Cl)CC1. The first kappa shape index (κ1) is 24.0. The van der Waals surface area contributed by atoms with Crippen LogP contribution in [-0.2, 0) is 11.2 Å². The van der Waals surface area contributed by atoms with Gasteiger partial charge in [0.2, 0.25) is 5.91 Å². The minimum absolute atomic E-state index is 0.0561. The molecule has 1 fully saturated rings. The Morgan fingerprint density at radius 3 is 2.47 bits per heavy atom. The molecule has 2 aromatic rings. The van der Waals surface area contributed by atoms with E-state index in [9.17, 15) is 14.7 Å². The van der Waals surface area contributed by atoms with Crippen molar-refractivity contribution >= 4 is 23.3 Å². The molecule has 0 aliphatic carbocycles. The van der Waals surface area contributed by atoms with Gasteiger partial charge in [-0.3, -0.25) is 14.5 Å². The van der Waals surface area contributed by atoms with E-state index in [4.69, 9.17) is 21.1 Å². The average Bonchev–Trinajstić information content (AvgIpc) is 2.79. The second-order valence-electron chi connectivity index (χ2n) is 7.84. The number of ketones is 1. The molecule has 1 atom stereocenters. The maximum absolute atomic E-state index is 12.6. The molecule has 1 saturated heterocycles. The average molecular weight is 461 g/mol. The molecule has 7 nitrogen and oxygen atoms in total. The van der Waals surface area contributed by atoms with Crippen LogP contribution in [0.4, 0.5) is 0 Å². The van der Waals surface area contributed by atoms with E-state index in [1.165, 1.54) is 14.0 Å². The lowest BCUT2D eigenvalue weighted by molar-refractivity contribution is -0.132. The van der Waals surface area contributed by atoms with Gasteiger partial charge in [-0.05, 0) is 36.8 Å². The van der Waals surface area contributed by atoms with Crippen LogP contribution in [0.2, 0.25) is 5.02 Å². The number of carbonyl (C=O) groups is 2. The highest BCUT2D eigenvalue weighted by Gasteiger charge is 2.23. The summed E-state index contributed by atoms with van der Waals surface area (Å²) < 4.78 is 11.0. The first-order valence-electron chi connectivity index (χ1n) is 10.6. The molecule has 0 spiro atoms. The number of piperazine rings is 1. The summed E-state index contributed by atoms with van der Waals surface area (Å²) in [6, 6.07) is 12.4. The van der Waals surface area contributed by atoms with Crippen LogP contribution >= 0.6 is 11.6 Å². The summed E-state index contributed by atoms with van der Waals surface area (Å²) in [6.07, 6.45) is -0.405.